The quantitative estimate of drug-likeness (QED) is 0.666. The minimum Gasteiger partial charge on any atom is -0.480 e. The molecule has 0 fully saturated rings. The Balaban J connectivity index is 2.36. The molecule has 0 spiro atoms. The predicted octanol–water partition coefficient (Wildman–Crippen LogP) is 0.136. The van der Waals surface area contributed by atoms with Gasteiger partial charge in [0.15, 0.2) is 0 Å². The molecule has 2 atom stereocenters. The van der Waals surface area contributed by atoms with Crippen LogP contribution < -0.4 is 11.1 Å². The topological polar surface area (TPSA) is 105 Å². The summed E-state index contributed by atoms with van der Waals surface area (Å²) in [4.78, 5) is 26.3. The van der Waals surface area contributed by atoms with E-state index in [0.29, 0.717) is 6.54 Å². The molecule has 0 saturated carbocycles. The van der Waals surface area contributed by atoms with Gasteiger partial charge in [0, 0.05) is 12.6 Å². The number of nitrogens with one attached hydrogen (secondary N) is 1. The summed E-state index contributed by atoms with van der Waals surface area (Å²) in [5, 5.41) is 11.4. The average molecular weight is 251 g/mol. The molecule has 2 unspecified atom stereocenters. The minimum atomic E-state index is -1.10. The van der Waals surface area contributed by atoms with E-state index in [2.05, 4.69) is 10.3 Å². The van der Waals surface area contributed by atoms with Crippen LogP contribution in [0.1, 0.15) is 19.0 Å². The monoisotopic (exact) mass is 251 g/mol. The Kier molecular flexibility index (Phi) is 5.26. The zero-order valence-corrected chi connectivity index (χ0v) is 10.2. The Labute approximate surface area is 105 Å². The van der Waals surface area contributed by atoms with E-state index in [1.54, 1.807) is 25.3 Å². The SMILES string of the molecule is CC(CC(=O)NCc1ccccn1)C(N)C(=O)O. The molecule has 6 heteroatoms. The van der Waals surface area contributed by atoms with Crippen molar-refractivity contribution in [3.63, 3.8) is 0 Å². The predicted molar refractivity (Wildman–Crippen MR) is 65.5 cm³/mol. The van der Waals surface area contributed by atoms with E-state index in [1.807, 2.05) is 6.07 Å². The first-order chi connectivity index (χ1) is 8.50. The van der Waals surface area contributed by atoms with Crippen molar-refractivity contribution >= 4 is 11.9 Å². The lowest BCUT2D eigenvalue weighted by Gasteiger charge is -2.15. The van der Waals surface area contributed by atoms with Crippen molar-refractivity contribution in [2.45, 2.75) is 25.9 Å². The lowest BCUT2D eigenvalue weighted by Crippen LogP contribution is -2.39. The first kappa shape index (κ1) is 14.1. The molecule has 4 N–H and O–H groups in total. The van der Waals surface area contributed by atoms with E-state index >= 15 is 0 Å². The van der Waals surface area contributed by atoms with Gasteiger partial charge in [-0.25, -0.2) is 0 Å². The zero-order valence-electron chi connectivity index (χ0n) is 10.2. The van der Waals surface area contributed by atoms with Gasteiger partial charge in [0.05, 0.1) is 12.2 Å². The third-order valence-electron chi connectivity index (χ3n) is 2.60. The van der Waals surface area contributed by atoms with Gasteiger partial charge >= 0.3 is 5.97 Å². The molecule has 0 aromatic carbocycles. The smallest absolute Gasteiger partial charge is 0.320 e. The summed E-state index contributed by atoms with van der Waals surface area (Å²) in [6, 6.07) is 4.40. The molecular formula is C12H17N3O3. The summed E-state index contributed by atoms with van der Waals surface area (Å²) in [5.74, 6) is -1.74. The van der Waals surface area contributed by atoms with Gasteiger partial charge < -0.3 is 16.2 Å². The molecule has 1 aromatic heterocycles. The fourth-order valence-electron chi connectivity index (χ4n) is 1.43. The van der Waals surface area contributed by atoms with Gasteiger partial charge in [-0.1, -0.05) is 13.0 Å². The normalized spacial score (nSPS) is 13.7. The third-order valence-corrected chi connectivity index (χ3v) is 2.60. The van der Waals surface area contributed by atoms with Crippen LogP contribution in [0, 0.1) is 5.92 Å². The largest absolute Gasteiger partial charge is 0.480 e. The number of aromatic nitrogens is 1. The molecule has 1 aromatic rings. The van der Waals surface area contributed by atoms with Gasteiger partial charge in [-0.3, -0.25) is 14.6 Å². The molecule has 0 saturated heterocycles. The minimum absolute atomic E-state index is 0.0836. The fourth-order valence-corrected chi connectivity index (χ4v) is 1.43. The highest BCUT2D eigenvalue weighted by Gasteiger charge is 2.22. The highest BCUT2D eigenvalue weighted by Crippen LogP contribution is 2.06. The maximum Gasteiger partial charge on any atom is 0.320 e. The number of nitrogens with zero attached hydrogens (tertiary/aromatic N) is 1. The number of nitrogens with two attached hydrogens (primary N) is 1. The maximum absolute atomic E-state index is 11.6. The fraction of sp³-hybridized carbons (Fsp3) is 0.417. The molecule has 98 valence electrons. The van der Waals surface area contributed by atoms with Crippen LogP contribution in [0.15, 0.2) is 24.4 Å². The summed E-state index contributed by atoms with van der Waals surface area (Å²) in [7, 11) is 0. The molecule has 1 amide bonds. The second-order valence-corrected chi connectivity index (χ2v) is 4.14. The van der Waals surface area contributed by atoms with Crippen LogP contribution in [0.25, 0.3) is 0 Å². The van der Waals surface area contributed by atoms with E-state index in [-0.39, 0.29) is 12.3 Å². The lowest BCUT2D eigenvalue weighted by atomic mass is 9.99. The molecular weight excluding hydrogens is 234 g/mol. The molecule has 0 aliphatic carbocycles. The van der Waals surface area contributed by atoms with E-state index in [0.717, 1.165) is 5.69 Å². The van der Waals surface area contributed by atoms with E-state index in [9.17, 15) is 9.59 Å². The number of carbonyl (C=O) groups excluding carboxylic acids is 1. The molecule has 18 heavy (non-hydrogen) atoms. The van der Waals surface area contributed by atoms with Crippen molar-refractivity contribution in [1.29, 1.82) is 0 Å². The van der Waals surface area contributed by atoms with Gasteiger partial charge in [0.2, 0.25) is 5.91 Å². The van der Waals surface area contributed by atoms with E-state index < -0.39 is 17.9 Å². The Morgan fingerprint density at radius 3 is 2.78 bits per heavy atom. The number of amides is 1. The number of carboxylic acids is 1. The summed E-state index contributed by atoms with van der Waals surface area (Å²) < 4.78 is 0. The van der Waals surface area contributed by atoms with Crippen LogP contribution >= 0.6 is 0 Å². The number of pyridine rings is 1. The van der Waals surface area contributed by atoms with Crippen molar-refractivity contribution in [1.82, 2.24) is 10.3 Å². The van der Waals surface area contributed by atoms with E-state index in [4.69, 9.17) is 10.8 Å². The number of hydrogen-bond acceptors (Lipinski definition) is 4. The second-order valence-electron chi connectivity index (χ2n) is 4.14. The van der Waals surface area contributed by atoms with Crippen molar-refractivity contribution in [3.05, 3.63) is 30.1 Å². The third kappa shape index (κ3) is 4.50. The standard InChI is InChI=1S/C12H17N3O3/c1-8(11(13)12(17)18)6-10(16)15-7-9-4-2-3-5-14-9/h2-5,8,11H,6-7,13H2,1H3,(H,15,16)(H,17,18). The van der Waals surface area contributed by atoms with E-state index in [1.165, 1.54) is 0 Å². The molecule has 1 heterocycles. The number of carboxylic acid groups (broad SMARTS) is 1. The Bertz CT molecular complexity index is 408. The Morgan fingerprint density at radius 2 is 2.22 bits per heavy atom. The van der Waals surface area contributed by atoms with Crippen LogP contribution in [0.5, 0.6) is 0 Å². The highest BCUT2D eigenvalue weighted by atomic mass is 16.4. The molecule has 6 nitrogen and oxygen atoms in total. The lowest BCUT2D eigenvalue weighted by molar-refractivity contribution is -0.139. The first-order valence-electron chi connectivity index (χ1n) is 5.65. The average Bonchev–Trinajstić information content (AvgIpc) is 2.36. The summed E-state index contributed by atoms with van der Waals surface area (Å²) in [5.41, 5.74) is 6.17. The van der Waals surface area contributed by atoms with Crippen molar-refractivity contribution in [2.24, 2.45) is 11.7 Å². The van der Waals surface area contributed by atoms with Gasteiger partial charge in [0.25, 0.3) is 0 Å². The van der Waals surface area contributed by atoms with Crippen LogP contribution in [-0.4, -0.2) is 28.0 Å². The molecule has 0 aliphatic rings. The molecule has 0 bridgehead atoms. The zero-order chi connectivity index (χ0) is 13.5. The highest BCUT2D eigenvalue weighted by molar-refractivity contribution is 5.78. The van der Waals surface area contributed by atoms with Crippen LogP contribution in [0.4, 0.5) is 0 Å². The Hall–Kier alpha value is -1.95. The number of rotatable bonds is 6. The van der Waals surface area contributed by atoms with Crippen molar-refractivity contribution in [2.75, 3.05) is 0 Å². The van der Waals surface area contributed by atoms with Gasteiger partial charge in [-0.05, 0) is 18.1 Å². The van der Waals surface area contributed by atoms with Crippen LogP contribution in [0.3, 0.4) is 0 Å². The van der Waals surface area contributed by atoms with Crippen LogP contribution in [-0.2, 0) is 16.1 Å². The molecule has 0 aliphatic heterocycles. The first-order valence-corrected chi connectivity index (χ1v) is 5.65. The number of hydrogen-bond donors (Lipinski definition) is 3. The van der Waals surface area contributed by atoms with Gasteiger partial charge in [0.1, 0.15) is 6.04 Å². The van der Waals surface area contributed by atoms with Gasteiger partial charge in [-0.15, -0.1) is 0 Å². The maximum atomic E-state index is 11.6. The number of aliphatic carboxylic acids is 1. The Morgan fingerprint density at radius 1 is 1.50 bits per heavy atom. The van der Waals surface area contributed by atoms with Crippen molar-refractivity contribution < 1.29 is 14.7 Å². The van der Waals surface area contributed by atoms with Gasteiger partial charge in [-0.2, -0.15) is 0 Å². The van der Waals surface area contributed by atoms with Crippen molar-refractivity contribution in [3.8, 4) is 0 Å². The second kappa shape index (κ2) is 6.70. The molecule has 0 radical (unpaired) electrons. The summed E-state index contributed by atoms with van der Waals surface area (Å²) in [6.07, 6.45) is 1.73. The summed E-state index contributed by atoms with van der Waals surface area (Å²) >= 11 is 0. The number of carbonyl (C=O) groups is 2. The molecule has 1 rings (SSSR count). The summed E-state index contributed by atoms with van der Waals surface area (Å²) in [6.45, 7) is 1.97. The van der Waals surface area contributed by atoms with Crippen LogP contribution in [0.2, 0.25) is 0 Å².